The minimum Gasteiger partial charge on any atom is -0.484 e. The molecule has 0 aliphatic heterocycles. The average molecular weight is 285 g/mol. The van der Waals surface area contributed by atoms with Crippen molar-refractivity contribution in [2.24, 2.45) is 0 Å². The van der Waals surface area contributed by atoms with Crippen molar-refractivity contribution in [1.29, 1.82) is 0 Å². The lowest BCUT2D eigenvalue weighted by Crippen LogP contribution is -2.27. The van der Waals surface area contributed by atoms with E-state index < -0.39 is 30.1 Å². The van der Waals surface area contributed by atoms with Crippen molar-refractivity contribution in [2.45, 2.75) is 6.92 Å². The van der Waals surface area contributed by atoms with E-state index in [-0.39, 0.29) is 11.4 Å². The zero-order valence-electron chi connectivity index (χ0n) is 10.9. The van der Waals surface area contributed by atoms with Crippen LogP contribution in [0.4, 0.5) is 8.78 Å². The maximum atomic E-state index is 12.9. The number of benzene rings is 1. The number of carbonyl (C=O) groups is 2. The molecular weight excluding hydrogens is 272 g/mol. The molecule has 0 saturated carbocycles. The van der Waals surface area contributed by atoms with E-state index in [9.17, 15) is 18.4 Å². The lowest BCUT2D eigenvalue weighted by molar-refractivity contribution is -0.134. The highest BCUT2D eigenvalue weighted by atomic mass is 19.1. The molecule has 1 amide bonds. The smallest absolute Gasteiger partial charge is 0.332 e. The van der Waals surface area contributed by atoms with Crippen LogP contribution >= 0.6 is 0 Å². The van der Waals surface area contributed by atoms with Crippen molar-refractivity contribution >= 4 is 11.9 Å². The summed E-state index contributed by atoms with van der Waals surface area (Å²) in [5, 5.41) is 2.35. The van der Waals surface area contributed by atoms with Crippen molar-refractivity contribution in [3.63, 3.8) is 0 Å². The van der Waals surface area contributed by atoms with Gasteiger partial charge in [0.05, 0.1) is 7.11 Å². The minimum absolute atomic E-state index is 0.104. The van der Waals surface area contributed by atoms with Gasteiger partial charge in [-0.3, -0.25) is 4.79 Å². The fourth-order valence-electron chi connectivity index (χ4n) is 1.29. The van der Waals surface area contributed by atoms with Gasteiger partial charge in [0.2, 0.25) is 0 Å². The Morgan fingerprint density at radius 3 is 2.40 bits per heavy atom. The van der Waals surface area contributed by atoms with E-state index in [1.165, 1.54) is 14.0 Å². The third kappa shape index (κ3) is 5.47. The lowest BCUT2D eigenvalue weighted by Gasteiger charge is -2.07. The summed E-state index contributed by atoms with van der Waals surface area (Å²) in [7, 11) is 1.20. The van der Waals surface area contributed by atoms with Gasteiger partial charge in [0.15, 0.2) is 6.61 Å². The predicted molar refractivity (Wildman–Crippen MR) is 65.8 cm³/mol. The average Bonchev–Trinajstić information content (AvgIpc) is 2.34. The van der Waals surface area contributed by atoms with Gasteiger partial charge in [-0.2, -0.15) is 0 Å². The van der Waals surface area contributed by atoms with Gasteiger partial charge in [-0.05, 0) is 6.92 Å². The Kier molecular flexibility index (Phi) is 5.64. The SMILES string of the molecule is COC(=O)C=C(C)NC(=O)COc1cc(F)cc(F)c1. The first-order valence-corrected chi connectivity index (χ1v) is 5.55. The molecule has 0 saturated heterocycles. The van der Waals surface area contributed by atoms with E-state index in [2.05, 4.69) is 10.1 Å². The highest BCUT2D eigenvalue weighted by molar-refractivity contribution is 5.85. The molecule has 108 valence electrons. The summed E-state index contributed by atoms with van der Waals surface area (Å²) >= 11 is 0. The number of hydrogen-bond donors (Lipinski definition) is 1. The first-order valence-electron chi connectivity index (χ1n) is 5.55. The molecule has 0 aromatic heterocycles. The number of amides is 1. The molecule has 1 rings (SSSR count). The van der Waals surface area contributed by atoms with E-state index in [0.29, 0.717) is 6.07 Å². The Bertz CT molecular complexity index is 523. The van der Waals surface area contributed by atoms with E-state index in [1.807, 2.05) is 0 Å². The predicted octanol–water partition coefficient (Wildman–Crippen LogP) is 1.54. The van der Waals surface area contributed by atoms with Crippen LogP contribution in [0.2, 0.25) is 0 Å². The van der Waals surface area contributed by atoms with Gasteiger partial charge in [-0.15, -0.1) is 0 Å². The van der Waals surface area contributed by atoms with Crippen LogP contribution in [-0.4, -0.2) is 25.6 Å². The number of ether oxygens (including phenoxy) is 2. The van der Waals surface area contributed by atoms with Crippen molar-refractivity contribution in [3.05, 3.63) is 41.6 Å². The molecule has 0 radical (unpaired) electrons. The normalized spacial score (nSPS) is 10.9. The number of carbonyl (C=O) groups excluding carboxylic acids is 2. The summed E-state index contributed by atoms with van der Waals surface area (Å²) in [6.45, 7) is 1.03. The third-order valence-corrected chi connectivity index (χ3v) is 2.08. The number of esters is 1. The molecular formula is C13H13F2NO4. The first kappa shape index (κ1) is 15.6. The Balaban J connectivity index is 2.51. The fourth-order valence-corrected chi connectivity index (χ4v) is 1.29. The second-order valence-corrected chi connectivity index (χ2v) is 3.79. The van der Waals surface area contributed by atoms with Crippen molar-refractivity contribution in [2.75, 3.05) is 13.7 Å². The van der Waals surface area contributed by atoms with E-state index >= 15 is 0 Å². The molecule has 0 bridgehead atoms. The number of allylic oxidation sites excluding steroid dienone is 1. The summed E-state index contributed by atoms with van der Waals surface area (Å²) in [6.07, 6.45) is 1.08. The maximum absolute atomic E-state index is 12.9. The summed E-state index contributed by atoms with van der Waals surface area (Å²) in [5.41, 5.74) is 0.260. The number of hydrogen-bond acceptors (Lipinski definition) is 4. The monoisotopic (exact) mass is 285 g/mol. The summed E-state index contributed by atoms with van der Waals surface area (Å²) in [4.78, 5) is 22.3. The Hall–Kier alpha value is -2.44. The molecule has 1 aromatic rings. The first-order chi connectivity index (χ1) is 9.40. The van der Waals surface area contributed by atoms with Gasteiger partial charge < -0.3 is 14.8 Å². The van der Waals surface area contributed by atoms with E-state index in [0.717, 1.165) is 18.2 Å². The van der Waals surface area contributed by atoms with Crippen LogP contribution in [0, 0.1) is 11.6 Å². The molecule has 0 heterocycles. The third-order valence-electron chi connectivity index (χ3n) is 2.08. The number of halogens is 2. The molecule has 0 atom stereocenters. The maximum Gasteiger partial charge on any atom is 0.332 e. The molecule has 1 N–H and O–H groups in total. The molecule has 0 aliphatic carbocycles. The molecule has 1 aromatic carbocycles. The van der Waals surface area contributed by atoms with Crippen LogP contribution in [-0.2, 0) is 14.3 Å². The number of methoxy groups -OCH3 is 1. The van der Waals surface area contributed by atoms with Crippen LogP contribution in [0.15, 0.2) is 30.0 Å². The molecule has 0 unspecified atom stereocenters. The summed E-state index contributed by atoms with van der Waals surface area (Å²) in [6, 6.07) is 2.59. The summed E-state index contributed by atoms with van der Waals surface area (Å²) in [5.74, 6) is -2.90. The van der Waals surface area contributed by atoms with Gasteiger partial charge in [-0.25, -0.2) is 13.6 Å². The van der Waals surface area contributed by atoms with Gasteiger partial charge >= 0.3 is 5.97 Å². The Labute approximate surface area is 114 Å². The zero-order chi connectivity index (χ0) is 15.1. The Morgan fingerprint density at radius 2 is 1.85 bits per heavy atom. The molecule has 5 nitrogen and oxygen atoms in total. The van der Waals surface area contributed by atoms with Gasteiger partial charge in [0, 0.05) is 30.0 Å². The quantitative estimate of drug-likeness (QED) is 0.658. The van der Waals surface area contributed by atoms with Crippen LogP contribution in [0.5, 0.6) is 5.75 Å². The van der Waals surface area contributed by atoms with Crippen LogP contribution < -0.4 is 10.1 Å². The van der Waals surface area contributed by atoms with Gasteiger partial charge in [0.25, 0.3) is 5.91 Å². The minimum atomic E-state index is -0.804. The van der Waals surface area contributed by atoms with Gasteiger partial charge in [-0.1, -0.05) is 0 Å². The zero-order valence-corrected chi connectivity index (χ0v) is 10.9. The number of nitrogens with one attached hydrogen (secondary N) is 1. The van der Waals surface area contributed by atoms with Crippen molar-refractivity contribution in [3.8, 4) is 5.75 Å². The fraction of sp³-hybridized carbons (Fsp3) is 0.231. The van der Waals surface area contributed by atoms with Crippen LogP contribution in [0.25, 0.3) is 0 Å². The molecule has 0 spiro atoms. The molecule has 0 aliphatic rings. The van der Waals surface area contributed by atoms with E-state index in [4.69, 9.17) is 4.74 Å². The standard InChI is InChI=1S/C13H13F2NO4/c1-8(3-13(18)19-2)16-12(17)7-20-11-5-9(14)4-10(15)6-11/h3-6H,7H2,1-2H3,(H,16,17). The van der Waals surface area contributed by atoms with Crippen molar-refractivity contribution < 1.29 is 27.8 Å². The largest absolute Gasteiger partial charge is 0.484 e. The molecule has 0 fully saturated rings. The summed E-state index contributed by atoms with van der Waals surface area (Å²) < 4.78 is 35.0. The van der Waals surface area contributed by atoms with E-state index in [1.54, 1.807) is 0 Å². The second-order valence-electron chi connectivity index (χ2n) is 3.79. The second kappa shape index (κ2) is 7.22. The highest BCUT2D eigenvalue weighted by Gasteiger charge is 2.06. The van der Waals surface area contributed by atoms with Crippen molar-refractivity contribution in [1.82, 2.24) is 5.32 Å². The molecule has 20 heavy (non-hydrogen) atoms. The van der Waals surface area contributed by atoms with Gasteiger partial charge in [0.1, 0.15) is 17.4 Å². The van der Waals surface area contributed by atoms with Crippen LogP contribution in [0.3, 0.4) is 0 Å². The van der Waals surface area contributed by atoms with Crippen LogP contribution in [0.1, 0.15) is 6.92 Å². The highest BCUT2D eigenvalue weighted by Crippen LogP contribution is 2.15. The topological polar surface area (TPSA) is 64.6 Å². The molecule has 7 heteroatoms. The Morgan fingerprint density at radius 1 is 1.25 bits per heavy atom. The number of rotatable bonds is 5. The lowest BCUT2D eigenvalue weighted by atomic mass is 10.3.